The predicted octanol–water partition coefficient (Wildman–Crippen LogP) is 3.72. The Morgan fingerprint density at radius 2 is 1.96 bits per heavy atom. The monoisotopic (exact) mass is 410 g/mol. The van der Waals surface area contributed by atoms with Crippen molar-refractivity contribution in [3.05, 3.63) is 69.9 Å². The predicted molar refractivity (Wildman–Crippen MR) is 106 cm³/mol. The zero-order valence-corrected chi connectivity index (χ0v) is 15.3. The number of hydrogen-bond acceptors (Lipinski definition) is 5. The minimum atomic E-state index is -0.177. The molecule has 0 aliphatic heterocycles. The fraction of sp³-hybridized carbons (Fsp3) is 0.105. The molecule has 0 fully saturated rings. The molecule has 2 N–H and O–H groups in total. The lowest BCUT2D eigenvalue weighted by Crippen LogP contribution is -2.14. The maximum atomic E-state index is 11.8. The van der Waals surface area contributed by atoms with Crippen molar-refractivity contribution in [1.29, 1.82) is 0 Å². The number of fused-ring (bicyclic) bond motifs is 2. The molecule has 0 aliphatic carbocycles. The Morgan fingerprint density at radius 1 is 1.08 bits per heavy atom. The van der Waals surface area contributed by atoms with Crippen LogP contribution in [0.15, 0.2) is 64.4 Å². The molecule has 1 aromatic carbocycles. The Labute approximate surface area is 157 Å². The molecule has 0 saturated heterocycles. The fourth-order valence-corrected chi connectivity index (χ4v) is 3.33. The lowest BCUT2D eigenvalue weighted by atomic mass is 10.1. The summed E-state index contributed by atoms with van der Waals surface area (Å²) in [4.78, 5) is 22.9. The van der Waals surface area contributed by atoms with Crippen LogP contribution in [0.4, 0.5) is 5.82 Å². The minimum absolute atomic E-state index is 0.177. The summed E-state index contributed by atoms with van der Waals surface area (Å²) in [6, 6.07) is 9.76. The lowest BCUT2D eigenvalue weighted by molar-refractivity contribution is 0.335. The average Bonchev–Trinajstić information content (AvgIpc) is 2.67. The Hall–Kier alpha value is -2.93. The van der Waals surface area contributed by atoms with Crippen LogP contribution >= 0.6 is 15.9 Å². The van der Waals surface area contributed by atoms with Gasteiger partial charge in [-0.25, -0.2) is 4.98 Å². The summed E-state index contributed by atoms with van der Waals surface area (Å²) in [5.74, 6) is 1.43. The van der Waals surface area contributed by atoms with Crippen molar-refractivity contribution in [3.63, 3.8) is 0 Å². The van der Waals surface area contributed by atoms with Gasteiger partial charge in [-0.15, -0.1) is 0 Å². The number of hydrogen-bond donors (Lipinski definition) is 2. The Morgan fingerprint density at radius 3 is 2.88 bits per heavy atom. The summed E-state index contributed by atoms with van der Waals surface area (Å²) in [5.41, 5.74) is -0.177. The molecule has 4 aromatic rings. The van der Waals surface area contributed by atoms with Gasteiger partial charge in [0.15, 0.2) is 0 Å². The first kappa shape index (κ1) is 16.5. The van der Waals surface area contributed by atoms with Gasteiger partial charge in [-0.05, 0) is 18.2 Å². The van der Waals surface area contributed by atoms with Crippen LogP contribution in [0.5, 0.6) is 5.75 Å². The molecular weight excluding hydrogens is 396 g/mol. The number of anilines is 1. The van der Waals surface area contributed by atoms with Crippen molar-refractivity contribution in [3.8, 4) is 5.75 Å². The smallest absolute Gasteiger partial charge is 0.257 e. The quantitative estimate of drug-likeness (QED) is 0.490. The largest absolute Gasteiger partial charge is 0.490 e. The van der Waals surface area contributed by atoms with E-state index >= 15 is 0 Å². The maximum absolute atomic E-state index is 11.8. The first-order valence-electron chi connectivity index (χ1n) is 8.09. The molecule has 7 heteroatoms. The number of halogens is 1. The van der Waals surface area contributed by atoms with Gasteiger partial charge in [0.1, 0.15) is 18.2 Å². The van der Waals surface area contributed by atoms with Gasteiger partial charge >= 0.3 is 0 Å². The third-order valence-corrected chi connectivity index (χ3v) is 4.76. The molecule has 0 aliphatic rings. The van der Waals surface area contributed by atoms with Crippen LogP contribution < -0.4 is 15.6 Å². The number of pyridine rings is 3. The fourth-order valence-electron chi connectivity index (χ4n) is 2.84. The van der Waals surface area contributed by atoms with Crippen LogP contribution in [0.2, 0.25) is 0 Å². The molecule has 3 heterocycles. The van der Waals surface area contributed by atoms with Crippen LogP contribution in [0, 0.1) is 0 Å². The Kier molecular flexibility index (Phi) is 4.53. The van der Waals surface area contributed by atoms with Gasteiger partial charge in [-0.2, -0.15) is 0 Å². The number of nitrogens with one attached hydrogen (secondary N) is 2. The van der Waals surface area contributed by atoms with Gasteiger partial charge < -0.3 is 15.0 Å². The van der Waals surface area contributed by atoms with Gasteiger partial charge in [-0.1, -0.05) is 28.1 Å². The molecule has 3 aromatic heterocycles. The van der Waals surface area contributed by atoms with E-state index in [-0.39, 0.29) is 5.56 Å². The number of aromatic nitrogens is 3. The van der Waals surface area contributed by atoms with E-state index in [1.807, 2.05) is 24.3 Å². The topological polar surface area (TPSA) is 79.9 Å². The summed E-state index contributed by atoms with van der Waals surface area (Å²) >= 11 is 3.56. The molecular formula is C19H15BrN4O2. The standard InChI is InChI=1S/C19H15BrN4O2/c20-16-3-1-2-14-12(16)5-7-22-18(14)23-8-9-26-17-11-24-19(25)15-10-21-6-4-13(15)17/h1-7,10-11H,8-9H2,(H,22,23)(H,24,25). The molecule has 0 unspecified atom stereocenters. The first-order chi connectivity index (χ1) is 12.7. The summed E-state index contributed by atoms with van der Waals surface area (Å²) in [5, 5.41) is 6.71. The lowest BCUT2D eigenvalue weighted by Gasteiger charge is -2.11. The number of benzene rings is 1. The Balaban J connectivity index is 1.48. The summed E-state index contributed by atoms with van der Waals surface area (Å²) in [6.45, 7) is 1.000. The van der Waals surface area contributed by atoms with Crippen LogP contribution in [-0.4, -0.2) is 28.1 Å². The van der Waals surface area contributed by atoms with E-state index in [2.05, 4.69) is 36.2 Å². The van der Waals surface area contributed by atoms with Crippen molar-refractivity contribution in [2.24, 2.45) is 0 Å². The van der Waals surface area contributed by atoms with Crippen molar-refractivity contribution in [2.45, 2.75) is 0 Å². The molecule has 4 rings (SSSR count). The van der Waals surface area contributed by atoms with Gasteiger partial charge in [0.25, 0.3) is 5.56 Å². The molecule has 0 bridgehead atoms. The number of nitrogens with zero attached hydrogens (tertiary/aromatic N) is 2. The minimum Gasteiger partial charge on any atom is -0.490 e. The highest BCUT2D eigenvalue weighted by atomic mass is 79.9. The Bertz CT molecular complexity index is 1140. The summed E-state index contributed by atoms with van der Waals surface area (Å²) in [6.07, 6.45) is 6.54. The average molecular weight is 411 g/mol. The first-order valence-corrected chi connectivity index (χ1v) is 8.88. The van der Waals surface area contributed by atoms with Crippen molar-refractivity contribution < 1.29 is 4.74 Å². The van der Waals surface area contributed by atoms with Gasteiger partial charge in [-0.3, -0.25) is 9.78 Å². The van der Waals surface area contributed by atoms with Gasteiger partial charge in [0.05, 0.1) is 11.9 Å². The number of rotatable bonds is 5. The van der Waals surface area contributed by atoms with Gasteiger partial charge in [0.2, 0.25) is 0 Å². The summed E-state index contributed by atoms with van der Waals surface area (Å²) in [7, 11) is 0. The molecule has 0 spiro atoms. The molecule has 0 saturated carbocycles. The van der Waals surface area contributed by atoms with Crippen molar-refractivity contribution in [1.82, 2.24) is 15.0 Å². The molecule has 0 radical (unpaired) electrons. The van der Waals surface area contributed by atoms with Crippen LogP contribution in [0.3, 0.4) is 0 Å². The second-order valence-electron chi connectivity index (χ2n) is 5.67. The zero-order chi connectivity index (χ0) is 17.9. The molecule has 26 heavy (non-hydrogen) atoms. The SMILES string of the molecule is O=c1[nH]cc(OCCNc2nccc3c(Br)cccc23)c2ccncc12. The maximum Gasteiger partial charge on any atom is 0.257 e. The normalized spacial score (nSPS) is 11.0. The molecule has 130 valence electrons. The second-order valence-corrected chi connectivity index (χ2v) is 6.53. The molecule has 6 nitrogen and oxygen atoms in total. The van der Waals surface area contributed by atoms with E-state index in [1.54, 1.807) is 24.7 Å². The third-order valence-electron chi connectivity index (χ3n) is 4.07. The van der Waals surface area contributed by atoms with Crippen molar-refractivity contribution >= 4 is 43.3 Å². The summed E-state index contributed by atoms with van der Waals surface area (Å²) < 4.78 is 6.87. The van der Waals surface area contributed by atoms with Gasteiger partial charge in [0, 0.05) is 45.4 Å². The highest BCUT2D eigenvalue weighted by Crippen LogP contribution is 2.27. The van der Waals surface area contributed by atoms with E-state index in [0.717, 1.165) is 26.4 Å². The highest BCUT2D eigenvalue weighted by molar-refractivity contribution is 9.10. The van der Waals surface area contributed by atoms with E-state index < -0.39 is 0 Å². The van der Waals surface area contributed by atoms with Crippen LogP contribution in [0.1, 0.15) is 0 Å². The number of H-pyrrole nitrogens is 1. The number of aromatic amines is 1. The number of ether oxygens (including phenoxy) is 1. The van der Waals surface area contributed by atoms with Crippen LogP contribution in [-0.2, 0) is 0 Å². The van der Waals surface area contributed by atoms with Crippen molar-refractivity contribution in [2.75, 3.05) is 18.5 Å². The van der Waals surface area contributed by atoms with E-state index in [9.17, 15) is 4.79 Å². The highest BCUT2D eigenvalue weighted by Gasteiger charge is 2.07. The van der Waals surface area contributed by atoms with Crippen LogP contribution in [0.25, 0.3) is 21.5 Å². The van der Waals surface area contributed by atoms with E-state index in [1.165, 1.54) is 6.20 Å². The molecule has 0 amide bonds. The third kappa shape index (κ3) is 3.13. The molecule has 0 atom stereocenters. The second kappa shape index (κ2) is 7.13. The zero-order valence-electron chi connectivity index (χ0n) is 13.7. The van der Waals surface area contributed by atoms with E-state index in [0.29, 0.717) is 24.3 Å². The van der Waals surface area contributed by atoms with E-state index in [4.69, 9.17) is 4.74 Å².